The molecule has 3 rings (SSSR count). The summed E-state index contributed by atoms with van der Waals surface area (Å²) in [5.41, 5.74) is 0.439. The first-order valence-electron chi connectivity index (χ1n) is 9.39. The van der Waals surface area contributed by atoms with Gasteiger partial charge in [0.15, 0.2) is 0 Å². The Morgan fingerprint density at radius 2 is 2.15 bits per heavy atom. The molecule has 1 aromatic rings. The van der Waals surface area contributed by atoms with Gasteiger partial charge in [-0.1, -0.05) is 25.4 Å². The Labute approximate surface area is 159 Å². The van der Waals surface area contributed by atoms with Gasteiger partial charge in [0.1, 0.15) is 5.75 Å². The van der Waals surface area contributed by atoms with Crippen LogP contribution in [0.2, 0.25) is 5.02 Å². The molecule has 1 aliphatic carbocycles. The number of hydrogen-bond donors (Lipinski definition) is 2. The molecule has 142 valence electrons. The van der Waals surface area contributed by atoms with E-state index < -0.39 is 0 Å². The second-order valence-corrected chi connectivity index (χ2v) is 7.92. The number of benzene rings is 1. The number of carbonyl (C=O) groups is 2. The highest BCUT2D eigenvalue weighted by Gasteiger charge is 2.43. The summed E-state index contributed by atoms with van der Waals surface area (Å²) in [4.78, 5) is 25.0. The molecule has 0 bridgehead atoms. The Balaban J connectivity index is 1.67. The molecule has 2 fully saturated rings. The Hall–Kier alpha value is -1.75. The molecule has 2 aliphatic rings. The van der Waals surface area contributed by atoms with Crippen molar-refractivity contribution < 1.29 is 14.3 Å². The van der Waals surface area contributed by atoms with Crippen LogP contribution < -0.4 is 15.4 Å². The highest BCUT2D eigenvalue weighted by molar-refractivity contribution is 6.31. The van der Waals surface area contributed by atoms with E-state index in [1.165, 1.54) is 7.11 Å². The van der Waals surface area contributed by atoms with Crippen molar-refractivity contribution in [2.45, 2.75) is 51.6 Å². The monoisotopic (exact) mass is 378 g/mol. The van der Waals surface area contributed by atoms with Crippen molar-refractivity contribution in [3.63, 3.8) is 0 Å². The van der Waals surface area contributed by atoms with E-state index in [0.29, 0.717) is 28.2 Å². The summed E-state index contributed by atoms with van der Waals surface area (Å²) in [5, 5.41) is 6.78. The second kappa shape index (κ2) is 7.87. The molecular weight excluding hydrogens is 352 g/mol. The first-order valence-corrected chi connectivity index (χ1v) is 9.77. The highest BCUT2D eigenvalue weighted by Crippen LogP contribution is 2.39. The number of methoxy groups -OCH3 is 1. The molecule has 5 nitrogen and oxygen atoms in total. The molecular formula is C20H27ClN2O3. The van der Waals surface area contributed by atoms with Gasteiger partial charge < -0.3 is 15.4 Å². The minimum absolute atomic E-state index is 0.0399. The third-order valence-corrected chi connectivity index (χ3v) is 6.29. The Bertz CT molecular complexity index is 694. The molecule has 1 aliphatic heterocycles. The maximum atomic E-state index is 12.7. The van der Waals surface area contributed by atoms with Crippen molar-refractivity contribution in [1.82, 2.24) is 10.6 Å². The van der Waals surface area contributed by atoms with Gasteiger partial charge in [-0.15, -0.1) is 0 Å². The molecule has 0 aromatic heterocycles. The van der Waals surface area contributed by atoms with Crippen LogP contribution in [-0.4, -0.2) is 31.0 Å². The Morgan fingerprint density at radius 1 is 1.38 bits per heavy atom. The van der Waals surface area contributed by atoms with Crippen molar-refractivity contribution in [3.05, 3.63) is 28.8 Å². The van der Waals surface area contributed by atoms with E-state index in [0.717, 1.165) is 25.7 Å². The highest BCUT2D eigenvalue weighted by atomic mass is 35.5. The van der Waals surface area contributed by atoms with Gasteiger partial charge in [-0.2, -0.15) is 0 Å². The van der Waals surface area contributed by atoms with Crippen LogP contribution >= 0.6 is 11.6 Å². The lowest BCUT2D eigenvalue weighted by molar-refractivity contribution is -0.133. The largest absolute Gasteiger partial charge is 0.496 e. The Morgan fingerprint density at radius 3 is 2.85 bits per heavy atom. The van der Waals surface area contributed by atoms with E-state index in [9.17, 15) is 9.59 Å². The summed E-state index contributed by atoms with van der Waals surface area (Å²) in [6.45, 7) is 4.27. The topological polar surface area (TPSA) is 67.4 Å². The van der Waals surface area contributed by atoms with Crippen LogP contribution in [0.25, 0.3) is 0 Å². The quantitative estimate of drug-likeness (QED) is 0.843. The van der Waals surface area contributed by atoms with Crippen LogP contribution in [0.5, 0.6) is 5.75 Å². The zero-order valence-corrected chi connectivity index (χ0v) is 16.3. The number of fused-ring (bicyclic) bond motifs is 1. The molecule has 5 unspecified atom stereocenters. The predicted octanol–water partition coefficient (Wildman–Crippen LogP) is 3.41. The van der Waals surface area contributed by atoms with Gasteiger partial charge in [-0.05, 0) is 55.7 Å². The fourth-order valence-electron chi connectivity index (χ4n) is 4.63. The summed E-state index contributed by atoms with van der Waals surface area (Å²) in [6.07, 6.45) is 3.59. The van der Waals surface area contributed by atoms with E-state index in [1.54, 1.807) is 18.2 Å². The van der Waals surface area contributed by atoms with Gasteiger partial charge in [-0.3, -0.25) is 9.59 Å². The molecule has 2 N–H and O–H groups in total. The number of ether oxygens (including phenoxy) is 1. The number of rotatable bonds is 4. The number of piperidine rings is 1. The van der Waals surface area contributed by atoms with Crippen LogP contribution in [0.4, 0.5) is 0 Å². The van der Waals surface area contributed by atoms with Crippen molar-refractivity contribution in [3.8, 4) is 5.75 Å². The van der Waals surface area contributed by atoms with Gasteiger partial charge in [-0.25, -0.2) is 0 Å². The summed E-state index contributed by atoms with van der Waals surface area (Å²) in [5.74, 6) is 1.47. The lowest BCUT2D eigenvalue weighted by atomic mass is 9.67. The molecule has 0 spiro atoms. The standard InChI is InChI=1S/C20H27ClN2O3/c1-4-14-11(2)15-7-6-13(10-17(15)23-19(14)24)22-20(25)16-9-12(21)5-8-18(16)26-3/h5,8-9,11,13-15,17H,4,6-7,10H2,1-3H3,(H,22,25)(H,23,24). The number of amides is 2. The molecule has 0 radical (unpaired) electrons. The molecule has 5 atom stereocenters. The van der Waals surface area contributed by atoms with E-state index in [-0.39, 0.29) is 29.8 Å². The molecule has 2 amide bonds. The summed E-state index contributed by atoms with van der Waals surface area (Å²) in [6, 6.07) is 5.20. The van der Waals surface area contributed by atoms with Crippen molar-refractivity contribution in [1.29, 1.82) is 0 Å². The zero-order valence-electron chi connectivity index (χ0n) is 15.5. The number of halogens is 1. The summed E-state index contributed by atoms with van der Waals surface area (Å²) >= 11 is 6.03. The van der Waals surface area contributed by atoms with Crippen molar-refractivity contribution in [2.24, 2.45) is 17.8 Å². The number of nitrogens with one attached hydrogen (secondary N) is 2. The Kier molecular flexibility index (Phi) is 5.76. The van der Waals surface area contributed by atoms with Crippen LogP contribution in [0.3, 0.4) is 0 Å². The van der Waals surface area contributed by atoms with Gasteiger partial charge in [0.2, 0.25) is 5.91 Å². The molecule has 6 heteroatoms. The normalized spacial score (nSPS) is 30.9. The fourth-order valence-corrected chi connectivity index (χ4v) is 4.80. The SMILES string of the molecule is CCC1C(=O)NC2CC(NC(=O)c3cc(Cl)ccc3OC)CCC2C1C. The van der Waals surface area contributed by atoms with E-state index in [2.05, 4.69) is 24.5 Å². The molecule has 1 saturated heterocycles. The smallest absolute Gasteiger partial charge is 0.255 e. The molecule has 1 aromatic carbocycles. The second-order valence-electron chi connectivity index (χ2n) is 7.48. The summed E-state index contributed by atoms with van der Waals surface area (Å²) < 4.78 is 5.27. The van der Waals surface area contributed by atoms with Crippen LogP contribution in [-0.2, 0) is 4.79 Å². The van der Waals surface area contributed by atoms with Crippen LogP contribution in [0.15, 0.2) is 18.2 Å². The first-order chi connectivity index (χ1) is 12.4. The van der Waals surface area contributed by atoms with Crippen LogP contribution in [0, 0.1) is 17.8 Å². The predicted molar refractivity (Wildman–Crippen MR) is 101 cm³/mol. The van der Waals surface area contributed by atoms with Gasteiger partial charge in [0.25, 0.3) is 5.91 Å². The fraction of sp³-hybridized carbons (Fsp3) is 0.600. The molecule has 1 heterocycles. The summed E-state index contributed by atoms with van der Waals surface area (Å²) in [7, 11) is 1.54. The van der Waals surface area contributed by atoms with Gasteiger partial charge in [0, 0.05) is 23.0 Å². The van der Waals surface area contributed by atoms with Gasteiger partial charge in [0.05, 0.1) is 12.7 Å². The molecule has 1 saturated carbocycles. The zero-order chi connectivity index (χ0) is 18.8. The van der Waals surface area contributed by atoms with E-state index in [4.69, 9.17) is 16.3 Å². The number of hydrogen-bond acceptors (Lipinski definition) is 3. The van der Waals surface area contributed by atoms with Crippen molar-refractivity contribution in [2.75, 3.05) is 7.11 Å². The third-order valence-electron chi connectivity index (χ3n) is 6.06. The average Bonchev–Trinajstić information content (AvgIpc) is 2.61. The maximum Gasteiger partial charge on any atom is 0.255 e. The average molecular weight is 379 g/mol. The van der Waals surface area contributed by atoms with E-state index in [1.807, 2.05) is 0 Å². The lowest BCUT2D eigenvalue weighted by Gasteiger charge is -2.46. The lowest BCUT2D eigenvalue weighted by Crippen LogP contribution is -2.58. The minimum Gasteiger partial charge on any atom is -0.496 e. The van der Waals surface area contributed by atoms with Crippen LogP contribution in [0.1, 0.15) is 49.9 Å². The number of carbonyl (C=O) groups excluding carboxylic acids is 2. The minimum atomic E-state index is -0.186. The first kappa shape index (κ1) is 19.0. The van der Waals surface area contributed by atoms with E-state index >= 15 is 0 Å². The van der Waals surface area contributed by atoms with Gasteiger partial charge >= 0.3 is 0 Å². The third kappa shape index (κ3) is 3.68. The maximum absolute atomic E-state index is 12.7. The molecule has 26 heavy (non-hydrogen) atoms. The van der Waals surface area contributed by atoms with Crippen molar-refractivity contribution >= 4 is 23.4 Å².